The SMILES string of the molecule is CCOC(=O)c1oc(-c2sccc2OC)nc1C1CC1. The van der Waals surface area contributed by atoms with E-state index in [1.807, 2.05) is 11.4 Å². The van der Waals surface area contributed by atoms with E-state index >= 15 is 0 Å². The maximum atomic E-state index is 12.0. The first-order valence-corrected chi connectivity index (χ1v) is 7.42. The summed E-state index contributed by atoms with van der Waals surface area (Å²) >= 11 is 1.47. The average molecular weight is 293 g/mol. The van der Waals surface area contributed by atoms with Gasteiger partial charge in [0.2, 0.25) is 11.7 Å². The Morgan fingerprint density at radius 3 is 3.00 bits per heavy atom. The van der Waals surface area contributed by atoms with Crippen molar-refractivity contribution in [1.29, 1.82) is 0 Å². The first kappa shape index (κ1) is 13.2. The van der Waals surface area contributed by atoms with Gasteiger partial charge in [0.1, 0.15) is 10.6 Å². The van der Waals surface area contributed by atoms with E-state index in [-0.39, 0.29) is 5.76 Å². The summed E-state index contributed by atoms with van der Waals surface area (Å²) in [5, 5.41) is 1.90. The van der Waals surface area contributed by atoms with E-state index in [0.717, 1.165) is 17.7 Å². The highest BCUT2D eigenvalue weighted by Gasteiger charge is 2.35. The highest BCUT2D eigenvalue weighted by atomic mass is 32.1. The van der Waals surface area contributed by atoms with Crippen LogP contribution in [0.4, 0.5) is 0 Å². The Morgan fingerprint density at radius 1 is 1.55 bits per heavy atom. The summed E-state index contributed by atoms with van der Waals surface area (Å²) in [7, 11) is 1.60. The van der Waals surface area contributed by atoms with Gasteiger partial charge in [-0.25, -0.2) is 9.78 Å². The van der Waals surface area contributed by atoms with E-state index in [0.29, 0.717) is 29.9 Å². The summed E-state index contributed by atoms with van der Waals surface area (Å²) in [6.07, 6.45) is 2.08. The molecule has 0 amide bonds. The second-order valence-corrected chi connectivity index (χ2v) is 5.46. The fraction of sp³-hybridized carbons (Fsp3) is 0.429. The van der Waals surface area contributed by atoms with Crippen molar-refractivity contribution in [3.05, 3.63) is 22.9 Å². The van der Waals surface area contributed by atoms with Gasteiger partial charge in [0, 0.05) is 5.92 Å². The van der Waals surface area contributed by atoms with Gasteiger partial charge in [-0.1, -0.05) is 0 Å². The molecule has 0 aliphatic heterocycles. The lowest BCUT2D eigenvalue weighted by molar-refractivity contribution is 0.0489. The molecule has 2 aromatic rings. The Balaban J connectivity index is 2.01. The molecule has 1 saturated carbocycles. The van der Waals surface area contributed by atoms with Crippen LogP contribution in [0, 0.1) is 0 Å². The number of carbonyl (C=O) groups excluding carboxylic acids is 1. The fourth-order valence-electron chi connectivity index (χ4n) is 2.02. The molecule has 0 radical (unpaired) electrons. The molecule has 1 aliphatic rings. The molecule has 2 aromatic heterocycles. The minimum absolute atomic E-state index is 0.236. The number of carbonyl (C=O) groups is 1. The Hall–Kier alpha value is -1.82. The second-order valence-electron chi connectivity index (χ2n) is 4.55. The molecule has 106 valence electrons. The quantitative estimate of drug-likeness (QED) is 0.790. The van der Waals surface area contributed by atoms with Crippen molar-refractivity contribution in [1.82, 2.24) is 4.98 Å². The van der Waals surface area contributed by atoms with E-state index in [1.54, 1.807) is 14.0 Å². The van der Waals surface area contributed by atoms with Crippen LogP contribution in [-0.4, -0.2) is 24.7 Å². The summed E-state index contributed by atoms with van der Waals surface area (Å²) in [4.78, 5) is 17.2. The molecule has 0 N–H and O–H groups in total. The van der Waals surface area contributed by atoms with Gasteiger partial charge < -0.3 is 13.9 Å². The number of hydrogen-bond donors (Lipinski definition) is 0. The third kappa shape index (κ3) is 2.31. The van der Waals surface area contributed by atoms with Crippen LogP contribution in [0.5, 0.6) is 5.75 Å². The van der Waals surface area contributed by atoms with Crippen LogP contribution >= 0.6 is 11.3 Å². The van der Waals surface area contributed by atoms with Crippen molar-refractivity contribution in [3.8, 4) is 16.5 Å². The first-order valence-electron chi connectivity index (χ1n) is 6.54. The van der Waals surface area contributed by atoms with Gasteiger partial charge in [-0.05, 0) is 31.2 Å². The Labute approximate surface area is 120 Å². The first-order chi connectivity index (χ1) is 9.74. The molecule has 0 aromatic carbocycles. The Kier molecular flexibility index (Phi) is 3.48. The molecule has 3 rings (SSSR count). The maximum absolute atomic E-state index is 12.0. The van der Waals surface area contributed by atoms with Gasteiger partial charge in [0.15, 0.2) is 0 Å². The van der Waals surface area contributed by atoms with Gasteiger partial charge in [0.05, 0.1) is 19.4 Å². The van der Waals surface area contributed by atoms with Gasteiger partial charge in [-0.3, -0.25) is 0 Å². The van der Waals surface area contributed by atoms with Crippen LogP contribution in [0.25, 0.3) is 10.8 Å². The number of nitrogens with zero attached hydrogens (tertiary/aromatic N) is 1. The van der Waals surface area contributed by atoms with E-state index in [4.69, 9.17) is 13.9 Å². The van der Waals surface area contributed by atoms with Crippen molar-refractivity contribution in [2.24, 2.45) is 0 Å². The molecule has 0 bridgehead atoms. The number of esters is 1. The van der Waals surface area contributed by atoms with Crippen LogP contribution < -0.4 is 4.74 Å². The van der Waals surface area contributed by atoms with Gasteiger partial charge >= 0.3 is 5.97 Å². The third-order valence-electron chi connectivity index (χ3n) is 3.12. The highest BCUT2D eigenvalue weighted by Crippen LogP contribution is 2.44. The molecule has 0 spiro atoms. The minimum atomic E-state index is -0.441. The Bertz CT molecular complexity index is 627. The lowest BCUT2D eigenvalue weighted by atomic mass is 10.2. The number of ether oxygens (including phenoxy) is 2. The summed E-state index contributed by atoms with van der Waals surface area (Å²) in [6, 6.07) is 1.85. The van der Waals surface area contributed by atoms with Crippen molar-refractivity contribution in [2.45, 2.75) is 25.7 Å². The van der Waals surface area contributed by atoms with Crippen molar-refractivity contribution in [3.63, 3.8) is 0 Å². The summed E-state index contributed by atoms with van der Waals surface area (Å²) in [6.45, 7) is 2.09. The van der Waals surface area contributed by atoms with Crippen LogP contribution in [0.1, 0.15) is 41.9 Å². The molecule has 0 atom stereocenters. The van der Waals surface area contributed by atoms with Gasteiger partial charge in [0.25, 0.3) is 0 Å². The molecule has 1 fully saturated rings. The summed E-state index contributed by atoms with van der Waals surface area (Å²) < 4.78 is 16.0. The van der Waals surface area contributed by atoms with Crippen LogP contribution in [0.3, 0.4) is 0 Å². The second kappa shape index (κ2) is 5.28. The van der Waals surface area contributed by atoms with Gasteiger partial charge in [-0.15, -0.1) is 11.3 Å². The molecule has 20 heavy (non-hydrogen) atoms. The number of thiophene rings is 1. The number of methoxy groups -OCH3 is 1. The molecule has 1 aliphatic carbocycles. The largest absolute Gasteiger partial charge is 0.495 e. The van der Waals surface area contributed by atoms with Crippen LogP contribution in [-0.2, 0) is 4.74 Å². The minimum Gasteiger partial charge on any atom is -0.495 e. The molecule has 2 heterocycles. The zero-order valence-electron chi connectivity index (χ0n) is 11.3. The van der Waals surface area contributed by atoms with Crippen LogP contribution in [0.2, 0.25) is 0 Å². The van der Waals surface area contributed by atoms with Crippen molar-refractivity contribution < 1.29 is 18.7 Å². The number of hydrogen-bond acceptors (Lipinski definition) is 6. The van der Waals surface area contributed by atoms with Crippen molar-refractivity contribution in [2.75, 3.05) is 13.7 Å². The van der Waals surface area contributed by atoms with Gasteiger partial charge in [-0.2, -0.15) is 0 Å². The maximum Gasteiger partial charge on any atom is 0.376 e. The molecular formula is C14H15NO4S. The molecule has 5 nitrogen and oxygen atoms in total. The fourth-order valence-corrected chi connectivity index (χ4v) is 2.80. The number of oxazole rings is 1. The summed E-state index contributed by atoms with van der Waals surface area (Å²) in [5.74, 6) is 1.25. The van der Waals surface area contributed by atoms with Crippen LogP contribution in [0.15, 0.2) is 15.9 Å². The standard InChI is InChI=1S/C14H15NO4S/c1-3-18-14(16)11-10(8-4-5-8)15-13(19-11)12-9(17-2)6-7-20-12/h6-8H,3-5H2,1-2H3. The highest BCUT2D eigenvalue weighted by molar-refractivity contribution is 7.13. The lowest BCUT2D eigenvalue weighted by Gasteiger charge is -1.99. The van der Waals surface area contributed by atoms with E-state index < -0.39 is 5.97 Å². The predicted molar refractivity (Wildman–Crippen MR) is 74.3 cm³/mol. The predicted octanol–water partition coefficient (Wildman–Crippen LogP) is 3.47. The molecule has 0 saturated heterocycles. The zero-order valence-corrected chi connectivity index (χ0v) is 12.2. The van der Waals surface area contributed by atoms with Crippen molar-refractivity contribution >= 4 is 17.3 Å². The van der Waals surface area contributed by atoms with E-state index in [1.165, 1.54) is 11.3 Å². The van der Waals surface area contributed by atoms with E-state index in [2.05, 4.69) is 4.98 Å². The smallest absolute Gasteiger partial charge is 0.376 e. The Morgan fingerprint density at radius 2 is 2.35 bits per heavy atom. The topological polar surface area (TPSA) is 61.6 Å². The normalized spacial score (nSPS) is 14.3. The molecular weight excluding hydrogens is 278 g/mol. The zero-order chi connectivity index (χ0) is 14.1. The van der Waals surface area contributed by atoms with E-state index in [9.17, 15) is 4.79 Å². The number of rotatable bonds is 5. The molecule has 0 unspecified atom stereocenters. The number of aromatic nitrogens is 1. The summed E-state index contributed by atoms with van der Waals surface area (Å²) in [5.41, 5.74) is 0.717. The average Bonchev–Trinajstić information content (AvgIpc) is 3.03. The molecule has 6 heteroatoms. The monoisotopic (exact) mass is 293 g/mol. The third-order valence-corrected chi connectivity index (χ3v) is 4.01. The lowest BCUT2D eigenvalue weighted by Crippen LogP contribution is -2.05.